The molecule has 2 aliphatic rings. The van der Waals surface area contributed by atoms with Gasteiger partial charge in [-0.1, -0.05) is 18.8 Å². The molecule has 2 aromatic heterocycles. The first-order valence-corrected chi connectivity index (χ1v) is 11.9. The van der Waals surface area contributed by atoms with Crippen LogP contribution in [0.1, 0.15) is 37.3 Å². The summed E-state index contributed by atoms with van der Waals surface area (Å²) in [5.74, 6) is 8.66. The third-order valence-electron chi connectivity index (χ3n) is 6.21. The van der Waals surface area contributed by atoms with E-state index in [2.05, 4.69) is 32.4 Å². The first-order chi connectivity index (χ1) is 17.0. The van der Waals surface area contributed by atoms with Gasteiger partial charge in [0.05, 0.1) is 18.7 Å². The number of amides is 2. The number of hydrogen-bond acceptors (Lipinski definition) is 6. The summed E-state index contributed by atoms with van der Waals surface area (Å²) in [6.45, 7) is 3.14. The van der Waals surface area contributed by atoms with Crippen molar-refractivity contribution in [3.8, 4) is 17.6 Å². The quantitative estimate of drug-likeness (QED) is 0.537. The Bertz CT molecular complexity index is 1330. The number of aromatic nitrogens is 2. The molecule has 0 atom stereocenters. The summed E-state index contributed by atoms with van der Waals surface area (Å²) in [6, 6.07) is 9.46. The van der Waals surface area contributed by atoms with E-state index in [0.29, 0.717) is 31.1 Å². The standard InChI is InChI=1S/C27H27N5O3/c1-3-25(33)32-15-21(16-32)35-20-10-5-17(6-11-20)4-7-19-13-30-26(28-2)23-14-29-24(12-22(19)23)31-27(34)18-8-9-18/h5-6,10-14,18,21H,3,8-9,15-16H2,1-2H3,(H,28,30)(H,29,31,34). The van der Waals surface area contributed by atoms with Crippen molar-refractivity contribution in [2.45, 2.75) is 32.3 Å². The fourth-order valence-corrected chi connectivity index (χ4v) is 3.96. The van der Waals surface area contributed by atoms with E-state index in [-0.39, 0.29) is 23.8 Å². The minimum absolute atomic E-state index is 0.0151. The van der Waals surface area contributed by atoms with Gasteiger partial charge < -0.3 is 20.3 Å². The zero-order chi connectivity index (χ0) is 24.4. The molecule has 0 spiro atoms. The van der Waals surface area contributed by atoms with Gasteiger partial charge in [0, 0.05) is 48.1 Å². The molecule has 0 bridgehead atoms. The van der Waals surface area contributed by atoms with E-state index in [9.17, 15) is 9.59 Å². The summed E-state index contributed by atoms with van der Waals surface area (Å²) in [4.78, 5) is 34.5. The second kappa shape index (κ2) is 9.63. The highest BCUT2D eigenvalue weighted by Crippen LogP contribution is 2.31. The van der Waals surface area contributed by atoms with Crippen molar-refractivity contribution < 1.29 is 14.3 Å². The molecule has 35 heavy (non-hydrogen) atoms. The number of nitrogens with one attached hydrogen (secondary N) is 2. The molecule has 1 aliphatic carbocycles. The highest BCUT2D eigenvalue weighted by molar-refractivity contribution is 5.99. The number of benzene rings is 1. The number of fused-ring (bicyclic) bond motifs is 1. The molecule has 5 rings (SSSR count). The summed E-state index contributed by atoms with van der Waals surface area (Å²) < 4.78 is 5.94. The van der Waals surface area contributed by atoms with Gasteiger partial charge in [-0.25, -0.2) is 9.97 Å². The van der Waals surface area contributed by atoms with Crippen molar-refractivity contribution in [3.63, 3.8) is 0 Å². The van der Waals surface area contributed by atoms with Crippen LogP contribution in [-0.2, 0) is 9.59 Å². The number of likely N-dealkylation sites (tertiary alicyclic amines) is 1. The van der Waals surface area contributed by atoms with Gasteiger partial charge in [-0.05, 0) is 43.2 Å². The largest absolute Gasteiger partial charge is 0.487 e. The van der Waals surface area contributed by atoms with E-state index < -0.39 is 0 Å². The molecule has 2 amide bonds. The van der Waals surface area contributed by atoms with Crippen LogP contribution < -0.4 is 15.4 Å². The zero-order valence-electron chi connectivity index (χ0n) is 19.8. The van der Waals surface area contributed by atoms with E-state index in [4.69, 9.17) is 4.74 Å². The van der Waals surface area contributed by atoms with Gasteiger partial charge in [0.15, 0.2) is 0 Å². The summed E-state index contributed by atoms with van der Waals surface area (Å²) in [7, 11) is 1.81. The lowest BCUT2D eigenvalue weighted by molar-refractivity contribution is -0.139. The summed E-state index contributed by atoms with van der Waals surface area (Å²) in [5.41, 5.74) is 1.59. The van der Waals surface area contributed by atoms with Gasteiger partial charge in [0.25, 0.3) is 0 Å². The first kappa shape index (κ1) is 22.7. The lowest BCUT2D eigenvalue weighted by Gasteiger charge is -2.38. The monoisotopic (exact) mass is 469 g/mol. The number of hydrogen-bond donors (Lipinski definition) is 2. The fraction of sp³-hybridized carbons (Fsp3) is 0.333. The van der Waals surface area contributed by atoms with E-state index in [1.807, 2.05) is 44.3 Å². The number of nitrogens with zero attached hydrogens (tertiary/aromatic N) is 3. The van der Waals surface area contributed by atoms with E-state index in [1.165, 1.54) is 0 Å². The van der Waals surface area contributed by atoms with E-state index >= 15 is 0 Å². The van der Waals surface area contributed by atoms with Crippen molar-refractivity contribution in [1.29, 1.82) is 0 Å². The second-order valence-electron chi connectivity index (χ2n) is 8.82. The summed E-state index contributed by atoms with van der Waals surface area (Å²) >= 11 is 0. The highest BCUT2D eigenvalue weighted by Gasteiger charge is 2.31. The number of rotatable bonds is 6. The molecule has 178 valence electrons. The van der Waals surface area contributed by atoms with Gasteiger partial charge in [0.1, 0.15) is 23.5 Å². The Morgan fingerprint density at radius 1 is 1.09 bits per heavy atom. The van der Waals surface area contributed by atoms with Gasteiger partial charge in [-0.3, -0.25) is 9.59 Å². The third-order valence-corrected chi connectivity index (χ3v) is 6.21. The van der Waals surface area contributed by atoms with Gasteiger partial charge in [-0.2, -0.15) is 0 Å². The molecule has 2 N–H and O–H groups in total. The molecule has 1 saturated carbocycles. The van der Waals surface area contributed by atoms with Crippen LogP contribution in [0.25, 0.3) is 10.8 Å². The average molecular weight is 470 g/mol. The topological polar surface area (TPSA) is 96.5 Å². The molecule has 1 aromatic carbocycles. The molecular formula is C27H27N5O3. The van der Waals surface area contributed by atoms with E-state index in [1.54, 1.807) is 17.3 Å². The smallest absolute Gasteiger partial charge is 0.228 e. The highest BCUT2D eigenvalue weighted by atomic mass is 16.5. The van der Waals surface area contributed by atoms with Crippen LogP contribution in [0.3, 0.4) is 0 Å². The molecule has 3 aromatic rings. The minimum Gasteiger partial charge on any atom is -0.487 e. The number of carbonyl (C=O) groups excluding carboxylic acids is 2. The van der Waals surface area contributed by atoms with Gasteiger partial charge in [-0.15, -0.1) is 0 Å². The van der Waals surface area contributed by atoms with Crippen molar-refractivity contribution >= 4 is 34.2 Å². The molecule has 8 nitrogen and oxygen atoms in total. The fourth-order valence-electron chi connectivity index (χ4n) is 3.96. The molecule has 8 heteroatoms. The van der Waals surface area contributed by atoms with Crippen LogP contribution in [0.4, 0.5) is 11.6 Å². The minimum atomic E-state index is 0.0151. The predicted molar refractivity (Wildman–Crippen MR) is 134 cm³/mol. The zero-order valence-corrected chi connectivity index (χ0v) is 19.8. The lowest BCUT2D eigenvalue weighted by Crippen LogP contribution is -2.56. The Morgan fingerprint density at radius 3 is 2.54 bits per heavy atom. The van der Waals surface area contributed by atoms with Crippen LogP contribution in [-0.4, -0.2) is 52.9 Å². The van der Waals surface area contributed by atoms with Crippen molar-refractivity contribution in [2.75, 3.05) is 30.8 Å². The van der Waals surface area contributed by atoms with E-state index in [0.717, 1.165) is 40.5 Å². The van der Waals surface area contributed by atoms with Crippen LogP contribution in [0.2, 0.25) is 0 Å². The third kappa shape index (κ3) is 5.04. The second-order valence-corrected chi connectivity index (χ2v) is 8.82. The molecule has 0 radical (unpaired) electrons. The van der Waals surface area contributed by atoms with Crippen LogP contribution in [0.15, 0.2) is 42.7 Å². The number of anilines is 2. The predicted octanol–water partition coefficient (Wildman–Crippen LogP) is 3.42. The maximum atomic E-state index is 12.2. The average Bonchev–Trinajstić information content (AvgIpc) is 3.70. The number of pyridine rings is 2. The molecule has 3 heterocycles. The maximum absolute atomic E-state index is 12.2. The van der Waals surface area contributed by atoms with Gasteiger partial charge in [0.2, 0.25) is 11.8 Å². The van der Waals surface area contributed by atoms with Crippen molar-refractivity contribution in [3.05, 3.63) is 53.9 Å². The SMILES string of the molecule is CCC(=O)N1CC(Oc2ccc(C#Cc3cnc(NC)c4cnc(NC(=O)C5CC5)cc34)cc2)C1. The summed E-state index contributed by atoms with van der Waals surface area (Å²) in [5, 5.41) is 7.69. The van der Waals surface area contributed by atoms with Crippen LogP contribution >= 0.6 is 0 Å². The number of carbonyl (C=O) groups is 2. The number of ether oxygens (including phenoxy) is 1. The Labute approximate surface area is 204 Å². The maximum Gasteiger partial charge on any atom is 0.228 e. The van der Waals surface area contributed by atoms with Gasteiger partial charge >= 0.3 is 0 Å². The lowest BCUT2D eigenvalue weighted by atomic mass is 10.1. The van der Waals surface area contributed by atoms with Crippen LogP contribution in [0, 0.1) is 17.8 Å². The Morgan fingerprint density at radius 2 is 1.86 bits per heavy atom. The Balaban J connectivity index is 1.32. The van der Waals surface area contributed by atoms with Crippen molar-refractivity contribution in [1.82, 2.24) is 14.9 Å². The Kier molecular flexibility index (Phi) is 6.23. The Hall–Kier alpha value is -4.12. The molecule has 2 fully saturated rings. The first-order valence-electron chi connectivity index (χ1n) is 11.9. The molecular weight excluding hydrogens is 442 g/mol. The summed E-state index contributed by atoms with van der Waals surface area (Å²) in [6.07, 6.45) is 5.87. The molecule has 1 saturated heterocycles. The molecule has 1 aliphatic heterocycles. The van der Waals surface area contributed by atoms with Crippen LogP contribution in [0.5, 0.6) is 5.75 Å². The normalized spacial score (nSPS) is 15.1. The molecule has 0 unspecified atom stereocenters. The van der Waals surface area contributed by atoms with Crippen molar-refractivity contribution in [2.24, 2.45) is 5.92 Å².